The maximum absolute atomic E-state index is 12.5. The van der Waals surface area contributed by atoms with E-state index in [9.17, 15) is 9.90 Å². The molecular weight excluding hydrogens is 254 g/mol. The number of rotatable bonds is 2. The van der Waals surface area contributed by atoms with Crippen LogP contribution >= 0.6 is 0 Å². The van der Waals surface area contributed by atoms with Crippen molar-refractivity contribution in [3.05, 3.63) is 65.5 Å². The second kappa shape index (κ2) is 4.40. The molecule has 2 heterocycles. The van der Waals surface area contributed by atoms with Crippen molar-refractivity contribution < 1.29 is 9.90 Å². The molecular formula is C15H15N3O2. The van der Waals surface area contributed by atoms with Crippen LogP contribution in [0.5, 0.6) is 0 Å². The number of aromatic nitrogens is 1. The lowest BCUT2D eigenvalue weighted by molar-refractivity contribution is -0.136. The predicted octanol–water partition coefficient (Wildman–Crippen LogP) is 1.21. The van der Waals surface area contributed by atoms with Gasteiger partial charge in [0.15, 0.2) is 0 Å². The molecule has 5 nitrogen and oxygen atoms in total. The van der Waals surface area contributed by atoms with Crippen LogP contribution in [0.4, 0.5) is 0 Å². The van der Waals surface area contributed by atoms with Crippen LogP contribution in [0.2, 0.25) is 0 Å². The first-order valence-electron chi connectivity index (χ1n) is 6.31. The number of hydrogen-bond acceptors (Lipinski definition) is 4. The fourth-order valence-corrected chi connectivity index (χ4v) is 2.65. The van der Waals surface area contributed by atoms with Crippen molar-refractivity contribution in [2.45, 2.75) is 5.72 Å². The van der Waals surface area contributed by atoms with Crippen molar-refractivity contribution in [3.63, 3.8) is 0 Å². The topological polar surface area (TPSA) is 56.7 Å². The van der Waals surface area contributed by atoms with Crippen LogP contribution in [0.1, 0.15) is 21.5 Å². The van der Waals surface area contributed by atoms with Crippen LogP contribution in [-0.2, 0) is 5.72 Å². The van der Waals surface area contributed by atoms with Gasteiger partial charge in [0, 0.05) is 37.6 Å². The molecule has 3 rings (SSSR count). The van der Waals surface area contributed by atoms with Gasteiger partial charge in [-0.2, -0.15) is 0 Å². The minimum Gasteiger partial charge on any atom is -0.362 e. The molecule has 102 valence electrons. The number of carbonyl (C=O) groups excluding carboxylic acids is 1. The lowest BCUT2D eigenvalue weighted by Gasteiger charge is -2.38. The molecule has 1 aromatic carbocycles. The molecule has 1 amide bonds. The molecule has 20 heavy (non-hydrogen) atoms. The average Bonchev–Trinajstić information content (AvgIpc) is 2.70. The van der Waals surface area contributed by atoms with Crippen LogP contribution in [0.25, 0.3) is 0 Å². The van der Waals surface area contributed by atoms with Crippen LogP contribution in [-0.4, -0.2) is 40.1 Å². The number of carbonyl (C=O) groups is 1. The Hall–Kier alpha value is -2.24. The normalized spacial score (nSPS) is 21.4. The summed E-state index contributed by atoms with van der Waals surface area (Å²) in [7, 11) is 3.45. The van der Waals surface area contributed by atoms with Gasteiger partial charge in [-0.3, -0.25) is 9.78 Å². The highest BCUT2D eigenvalue weighted by Crippen LogP contribution is 2.41. The molecule has 0 saturated heterocycles. The third-order valence-corrected chi connectivity index (χ3v) is 3.50. The molecule has 1 atom stereocenters. The molecule has 1 aliphatic rings. The van der Waals surface area contributed by atoms with Gasteiger partial charge in [0.2, 0.25) is 5.72 Å². The summed E-state index contributed by atoms with van der Waals surface area (Å²) in [6.07, 6.45) is 3.10. The number of hydrogen-bond donors (Lipinski definition) is 1. The third kappa shape index (κ3) is 1.57. The Morgan fingerprint density at radius 2 is 1.90 bits per heavy atom. The van der Waals surface area contributed by atoms with E-state index in [-0.39, 0.29) is 5.91 Å². The van der Waals surface area contributed by atoms with Gasteiger partial charge in [0.25, 0.3) is 5.91 Å². The van der Waals surface area contributed by atoms with Crippen molar-refractivity contribution >= 4 is 5.91 Å². The largest absolute Gasteiger partial charge is 0.362 e. The predicted molar refractivity (Wildman–Crippen MR) is 73.5 cm³/mol. The summed E-state index contributed by atoms with van der Waals surface area (Å²) in [4.78, 5) is 16.6. The van der Waals surface area contributed by atoms with Gasteiger partial charge in [0.1, 0.15) is 0 Å². The maximum atomic E-state index is 12.5. The number of aliphatic hydroxyl groups is 1. The monoisotopic (exact) mass is 269 g/mol. The van der Waals surface area contributed by atoms with Crippen LogP contribution in [0.3, 0.4) is 0 Å². The molecule has 0 aliphatic carbocycles. The van der Waals surface area contributed by atoms with E-state index in [1.54, 1.807) is 49.7 Å². The zero-order valence-corrected chi connectivity index (χ0v) is 11.3. The lowest BCUT2D eigenvalue weighted by Crippen LogP contribution is -2.51. The van der Waals surface area contributed by atoms with Crippen molar-refractivity contribution in [3.8, 4) is 0 Å². The Morgan fingerprint density at radius 1 is 1.20 bits per heavy atom. The minimum absolute atomic E-state index is 0.237. The number of pyridine rings is 1. The zero-order valence-electron chi connectivity index (χ0n) is 11.3. The Kier molecular flexibility index (Phi) is 2.81. The minimum atomic E-state index is -1.52. The van der Waals surface area contributed by atoms with Gasteiger partial charge in [-0.05, 0) is 6.07 Å². The summed E-state index contributed by atoms with van der Waals surface area (Å²) in [5.74, 6) is -0.237. The van der Waals surface area contributed by atoms with E-state index < -0.39 is 5.72 Å². The van der Waals surface area contributed by atoms with Crippen molar-refractivity contribution in [1.82, 2.24) is 15.0 Å². The van der Waals surface area contributed by atoms with E-state index >= 15 is 0 Å². The van der Waals surface area contributed by atoms with E-state index in [1.165, 1.54) is 5.01 Å². The summed E-state index contributed by atoms with van der Waals surface area (Å²) >= 11 is 0. The molecule has 1 unspecified atom stereocenters. The van der Waals surface area contributed by atoms with E-state index in [4.69, 9.17) is 0 Å². The molecule has 0 radical (unpaired) electrons. The van der Waals surface area contributed by atoms with Gasteiger partial charge in [-0.15, -0.1) is 0 Å². The van der Waals surface area contributed by atoms with Crippen LogP contribution in [0, 0.1) is 0 Å². The van der Waals surface area contributed by atoms with Gasteiger partial charge in [0.05, 0.1) is 5.56 Å². The standard InChI is InChI=1S/C15H15N3O2/c1-17(2)18-14(19)12-8-9-16-10-13(12)15(18,20)11-6-4-3-5-7-11/h3-10,20H,1-2H3. The summed E-state index contributed by atoms with van der Waals surface area (Å²) in [5, 5.41) is 14.2. The molecule has 2 aromatic rings. The summed E-state index contributed by atoms with van der Waals surface area (Å²) in [6.45, 7) is 0. The summed E-state index contributed by atoms with van der Waals surface area (Å²) in [6, 6.07) is 10.8. The molecule has 1 aliphatic heterocycles. The second-order valence-electron chi connectivity index (χ2n) is 4.92. The average molecular weight is 269 g/mol. The molecule has 1 aromatic heterocycles. The van der Waals surface area contributed by atoms with Crippen molar-refractivity contribution in [2.75, 3.05) is 14.1 Å². The molecule has 0 fully saturated rings. The lowest BCUT2D eigenvalue weighted by atomic mass is 9.96. The first-order valence-corrected chi connectivity index (χ1v) is 6.31. The highest BCUT2D eigenvalue weighted by atomic mass is 16.3. The maximum Gasteiger partial charge on any atom is 0.271 e. The Morgan fingerprint density at radius 3 is 2.55 bits per heavy atom. The van der Waals surface area contributed by atoms with Crippen molar-refractivity contribution in [2.24, 2.45) is 0 Å². The molecule has 0 spiro atoms. The Balaban J connectivity index is 2.28. The van der Waals surface area contributed by atoms with E-state index in [2.05, 4.69) is 4.98 Å². The molecule has 5 heteroatoms. The second-order valence-corrected chi connectivity index (χ2v) is 4.92. The van der Waals surface area contributed by atoms with Gasteiger partial charge >= 0.3 is 0 Å². The quantitative estimate of drug-likeness (QED) is 0.890. The highest BCUT2D eigenvalue weighted by molar-refractivity contribution is 5.99. The summed E-state index contributed by atoms with van der Waals surface area (Å²) in [5.41, 5.74) is 0.0876. The van der Waals surface area contributed by atoms with Crippen LogP contribution < -0.4 is 0 Å². The van der Waals surface area contributed by atoms with Gasteiger partial charge < -0.3 is 5.11 Å². The van der Waals surface area contributed by atoms with Gasteiger partial charge in [-0.25, -0.2) is 10.0 Å². The molecule has 0 bridgehead atoms. The third-order valence-electron chi connectivity index (χ3n) is 3.50. The highest BCUT2D eigenvalue weighted by Gasteiger charge is 2.51. The Labute approximate surface area is 117 Å². The Bertz CT molecular complexity index is 657. The number of amides is 1. The smallest absolute Gasteiger partial charge is 0.271 e. The zero-order chi connectivity index (χ0) is 14.3. The molecule has 1 N–H and O–H groups in total. The molecule has 0 saturated carbocycles. The fourth-order valence-electron chi connectivity index (χ4n) is 2.65. The number of nitrogens with zero attached hydrogens (tertiary/aromatic N) is 3. The number of benzene rings is 1. The van der Waals surface area contributed by atoms with E-state index in [1.807, 2.05) is 18.2 Å². The SMILES string of the molecule is CN(C)N1C(=O)c2ccncc2C1(O)c1ccccc1. The number of hydrazine groups is 1. The van der Waals surface area contributed by atoms with Gasteiger partial charge in [-0.1, -0.05) is 30.3 Å². The first kappa shape index (κ1) is 12.8. The number of fused-ring (bicyclic) bond motifs is 1. The van der Waals surface area contributed by atoms with E-state index in [0.29, 0.717) is 16.7 Å². The van der Waals surface area contributed by atoms with Crippen molar-refractivity contribution in [1.29, 1.82) is 0 Å². The van der Waals surface area contributed by atoms with Crippen LogP contribution in [0.15, 0.2) is 48.8 Å². The fraction of sp³-hybridized carbons (Fsp3) is 0.200. The summed E-state index contributed by atoms with van der Waals surface area (Å²) < 4.78 is 0. The van der Waals surface area contributed by atoms with E-state index in [0.717, 1.165) is 0 Å². The first-order chi connectivity index (χ1) is 9.56.